The summed E-state index contributed by atoms with van der Waals surface area (Å²) in [6.07, 6.45) is 3.70. The van der Waals surface area contributed by atoms with E-state index in [0.717, 1.165) is 12.8 Å². The van der Waals surface area contributed by atoms with Crippen LogP contribution in [0.15, 0.2) is 22.2 Å². The predicted octanol–water partition coefficient (Wildman–Crippen LogP) is 1.61. The number of carbonyl (C=O) groups excluding carboxylic acids is 1. The van der Waals surface area contributed by atoms with Crippen molar-refractivity contribution < 1.29 is 9.53 Å². The van der Waals surface area contributed by atoms with E-state index in [4.69, 9.17) is 16.3 Å². The first-order valence-corrected chi connectivity index (χ1v) is 4.16. The highest BCUT2D eigenvalue weighted by molar-refractivity contribution is 6.32. The molecule has 0 aromatic carbocycles. The highest BCUT2D eigenvalue weighted by Gasteiger charge is 2.31. The number of rotatable bonds is 2. The minimum absolute atomic E-state index is 0.235. The number of hydrogen-bond donors (Lipinski definition) is 0. The van der Waals surface area contributed by atoms with Gasteiger partial charge in [-0.1, -0.05) is 0 Å². The van der Waals surface area contributed by atoms with Crippen LogP contribution in [0.5, 0.6) is 0 Å². The molecule has 0 aromatic rings. The Morgan fingerprint density at radius 2 is 2.33 bits per heavy atom. The highest BCUT2D eigenvalue weighted by Crippen LogP contribution is 2.29. The smallest absolute Gasteiger partial charge is 0.290 e. The lowest BCUT2D eigenvalue weighted by Gasteiger charge is -2.12. The van der Waals surface area contributed by atoms with Crippen molar-refractivity contribution >= 4 is 17.5 Å². The van der Waals surface area contributed by atoms with Gasteiger partial charge in [-0.05, 0) is 12.8 Å². The van der Waals surface area contributed by atoms with Crippen LogP contribution < -0.4 is 0 Å². The third-order valence-corrected chi connectivity index (χ3v) is 2.04. The summed E-state index contributed by atoms with van der Waals surface area (Å²) in [7, 11) is 0. The number of nitrogens with zero attached hydrogens (tertiary/aromatic N) is 2. The van der Waals surface area contributed by atoms with Crippen molar-refractivity contribution in [1.82, 2.24) is 0 Å². The maximum atomic E-state index is 10.9. The number of halogens is 1. The van der Waals surface area contributed by atoms with Gasteiger partial charge in [-0.25, -0.2) is 0 Å². The number of amides is 1. The number of hydrogen-bond acceptors (Lipinski definition) is 3. The van der Waals surface area contributed by atoms with Crippen LogP contribution in [0, 0.1) is 0 Å². The van der Waals surface area contributed by atoms with Crippen molar-refractivity contribution in [2.24, 2.45) is 10.2 Å². The third kappa shape index (κ3) is 1.48. The lowest BCUT2D eigenvalue weighted by molar-refractivity contribution is -0.118. The standard InChI is InChI=1S/C7H7ClN2O2/c8-6-5(12-4-1-2-4)3-9-10-7(6)11/h3-4,6H,1-2H2. The maximum absolute atomic E-state index is 10.9. The molecule has 1 unspecified atom stereocenters. The fourth-order valence-electron chi connectivity index (χ4n) is 0.849. The predicted molar refractivity (Wildman–Crippen MR) is 41.7 cm³/mol. The van der Waals surface area contributed by atoms with Crippen molar-refractivity contribution in [2.45, 2.75) is 24.3 Å². The topological polar surface area (TPSA) is 51.0 Å². The van der Waals surface area contributed by atoms with Gasteiger partial charge in [0.25, 0.3) is 5.91 Å². The van der Waals surface area contributed by atoms with Gasteiger partial charge in [0.05, 0.1) is 12.3 Å². The largest absolute Gasteiger partial charge is 0.491 e. The van der Waals surface area contributed by atoms with Gasteiger partial charge < -0.3 is 4.74 Å². The summed E-state index contributed by atoms with van der Waals surface area (Å²) in [6, 6.07) is 0. The second-order valence-corrected chi connectivity index (χ2v) is 3.20. The molecule has 2 rings (SSSR count). The van der Waals surface area contributed by atoms with Crippen molar-refractivity contribution in [2.75, 3.05) is 0 Å². The first-order chi connectivity index (χ1) is 5.77. The summed E-state index contributed by atoms with van der Waals surface area (Å²) in [6.45, 7) is 0. The summed E-state index contributed by atoms with van der Waals surface area (Å²) >= 11 is 5.71. The van der Waals surface area contributed by atoms with Gasteiger partial charge in [0.1, 0.15) is 5.76 Å². The van der Waals surface area contributed by atoms with Crippen LogP contribution in [0.3, 0.4) is 0 Å². The van der Waals surface area contributed by atoms with Gasteiger partial charge >= 0.3 is 0 Å². The van der Waals surface area contributed by atoms with Gasteiger partial charge in [-0.3, -0.25) is 4.79 Å². The van der Waals surface area contributed by atoms with Crippen LogP contribution >= 0.6 is 11.6 Å². The Labute approximate surface area is 74.3 Å². The fraction of sp³-hybridized carbons (Fsp3) is 0.571. The van der Waals surface area contributed by atoms with E-state index in [1.54, 1.807) is 0 Å². The quantitative estimate of drug-likeness (QED) is 0.616. The zero-order valence-electron chi connectivity index (χ0n) is 6.24. The van der Waals surface area contributed by atoms with E-state index in [2.05, 4.69) is 10.2 Å². The van der Waals surface area contributed by atoms with E-state index in [1.807, 2.05) is 0 Å². The van der Waals surface area contributed by atoms with Crippen molar-refractivity contribution in [3.63, 3.8) is 0 Å². The van der Waals surface area contributed by atoms with E-state index in [1.165, 1.54) is 6.20 Å². The average molecular weight is 187 g/mol. The molecule has 0 N–H and O–H groups in total. The molecule has 64 valence electrons. The molecule has 0 radical (unpaired) electrons. The Morgan fingerprint density at radius 3 is 3.00 bits per heavy atom. The zero-order valence-corrected chi connectivity index (χ0v) is 6.99. The molecule has 1 heterocycles. The zero-order chi connectivity index (χ0) is 8.55. The molecule has 4 nitrogen and oxygen atoms in total. The van der Waals surface area contributed by atoms with E-state index in [9.17, 15) is 4.79 Å². The Balaban J connectivity index is 2.06. The first-order valence-electron chi connectivity index (χ1n) is 3.73. The molecule has 0 bridgehead atoms. The SMILES string of the molecule is O=C1N=NC=C(OC2CC2)C1Cl. The minimum Gasteiger partial charge on any atom is -0.491 e. The molecule has 1 saturated carbocycles. The summed E-state index contributed by atoms with van der Waals surface area (Å²) in [4.78, 5) is 10.9. The first kappa shape index (κ1) is 7.73. The third-order valence-electron chi connectivity index (χ3n) is 1.64. The summed E-state index contributed by atoms with van der Waals surface area (Å²) in [5.41, 5.74) is 0. The fourth-order valence-corrected chi connectivity index (χ4v) is 1.00. The molecule has 2 aliphatic rings. The van der Waals surface area contributed by atoms with Gasteiger partial charge in [0.15, 0.2) is 5.38 Å². The average Bonchev–Trinajstić information content (AvgIpc) is 2.83. The molecule has 1 fully saturated rings. The highest BCUT2D eigenvalue weighted by atomic mass is 35.5. The Morgan fingerprint density at radius 1 is 1.58 bits per heavy atom. The molecule has 0 saturated heterocycles. The van der Waals surface area contributed by atoms with Crippen LogP contribution in [0.2, 0.25) is 0 Å². The van der Waals surface area contributed by atoms with E-state index < -0.39 is 11.3 Å². The van der Waals surface area contributed by atoms with Crippen molar-refractivity contribution in [3.05, 3.63) is 12.0 Å². The van der Waals surface area contributed by atoms with Gasteiger partial charge in [0, 0.05) is 0 Å². The van der Waals surface area contributed by atoms with Gasteiger partial charge in [-0.15, -0.1) is 16.7 Å². The second kappa shape index (κ2) is 2.86. The maximum Gasteiger partial charge on any atom is 0.290 e. The van der Waals surface area contributed by atoms with Crippen LogP contribution in [0.4, 0.5) is 0 Å². The van der Waals surface area contributed by atoms with E-state index in [0.29, 0.717) is 5.76 Å². The number of alkyl halides is 1. The van der Waals surface area contributed by atoms with Crippen LogP contribution in [0.25, 0.3) is 0 Å². The van der Waals surface area contributed by atoms with Crippen LogP contribution in [-0.2, 0) is 9.53 Å². The van der Waals surface area contributed by atoms with E-state index >= 15 is 0 Å². The molecular weight excluding hydrogens is 180 g/mol. The van der Waals surface area contributed by atoms with E-state index in [-0.39, 0.29) is 6.10 Å². The van der Waals surface area contributed by atoms with Crippen LogP contribution in [-0.4, -0.2) is 17.4 Å². The molecule has 5 heteroatoms. The second-order valence-electron chi connectivity index (χ2n) is 2.76. The molecule has 1 amide bonds. The number of azo groups is 1. The molecule has 1 atom stereocenters. The Kier molecular flexibility index (Phi) is 1.84. The monoisotopic (exact) mass is 186 g/mol. The molecule has 0 spiro atoms. The molecule has 0 aromatic heterocycles. The Bertz CT molecular complexity index is 271. The van der Waals surface area contributed by atoms with Crippen LogP contribution in [0.1, 0.15) is 12.8 Å². The lowest BCUT2D eigenvalue weighted by atomic mass is 10.3. The van der Waals surface area contributed by atoms with Gasteiger partial charge in [-0.2, -0.15) is 5.11 Å². The van der Waals surface area contributed by atoms with Crippen molar-refractivity contribution in [3.8, 4) is 0 Å². The molecule has 12 heavy (non-hydrogen) atoms. The van der Waals surface area contributed by atoms with Gasteiger partial charge in [0.2, 0.25) is 0 Å². The summed E-state index contributed by atoms with van der Waals surface area (Å²) in [5.74, 6) is -0.0195. The Hall–Kier alpha value is -0.900. The minimum atomic E-state index is -0.775. The molecule has 1 aliphatic carbocycles. The lowest BCUT2D eigenvalue weighted by Crippen LogP contribution is -2.19. The van der Waals surface area contributed by atoms with Crippen molar-refractivity contribution in [1.29, 1.82) is 0 Å². The number of ether oxygens (including phenoxy) is 1. The molecule has 1 aliphatic heterocycles. The summed E-state index contributed by atoms with van der Waals surface area (Å²) < 4.78 is 5.34. The molecular formula is C7H7ClN2O2. The normalized spacial score (nSPS) is 28.6. The number of carbonyl (C=O) groups is 1. The summed E-state index contributed by atoms with van der Waals surface area (Å²) in [5, 5.41) is 5.99.